The van der Waals surface area contributed by atoms with Crippen LogP contribution in [0.3, 0.4) is 0 Å². The maximum atomic E-state index is 12.3. The van der Waals surface area contributed by atoms with Crippen LogP contribution in [0.25, 0.3) is 5.65 Å². The molecule has 130 valence electrons. The molecule has 0 unspecified atom stereocenters. The second-order valence-corrected chi connectivity index (χ2v) is 6.89. The lowest BCUT2D eigenvalue weighted by atomic mass is 10.2. The van der Waals surface area contributed by atoms with E-state index in [2.05, 4.69) is 16.5 Å². The van der Waals surface area contributed by atoms with Crippen LogP contribution in [0, 0.1) is 0 Å². The summed E-state index contributed by atoms with van der Waals surface area (Å²) in [6.45, 7) is 1.48. The highest BCUT2D eigenvalue weighted by atomic mass is 32.2. The summed E-state index contributed by atoms with van der Waals surface area (Å²) >= 11 is 1.72. The van der Waals surface area contributed by atoms with E-state index in [1.54, 1.807) is 16.7 Å². The summed E-state index contributed by atoms with van der Waals surface area (Å²) in [5, 5.41) is 3.05. The van der Waals surface area contributed by atoms with Gasteiger partial charge >= 0.3 is 0 Å². The summed E-state index contributed by atoms with van der Waals surface area (Å²) in [5.41, 5.74) is 2.72. The molecule has 5 nitrogen and oxygen atoms in total. The number of thioether (sulfide) groups is 1. The number of nitrogens with one attached hydrogen (secondary N) is 1. The highest BCUT2D eigenvalue weighted by Gasteiger charge is 2.11. The molecule has 2 aromatic heterocycles. The van der Waals surface area contributed by atoms with Gasteiger partial charge in [-0.3, -0.25) is 4.79 Å². The second-order valence-electron chi connectivity index (χ2n) is 5.84. The molecular formula is C19H22N4OS. The number of imidazole rings is 1. The molecular weight excluding hydrogens is 332 g/mol. The fourth-order valence-electron chi connectivity index (χ4n) is 2.51. The topological polar surface area (TPSA) is 49.6 Å². The van der Waals surface area contributed by atoms with Crippen molar-refractivity contribution in [2.24, 2.45) is 0 Å². The van der Waals surface area contributed by atoms with Crippen molar-refractivity contribution in [2.75, 3.05) is 27.2 Å². The predicted molar refractivity (Wildman–Crippen MR) is 102 cm³/mol. The number of pyridine rings is 1. The van der Waals surface area contributed by atoms with Crippen LogP contribution >= 0.6 is 11.8 Å². The van der Waals surface area contributed by atoms with Crippen molar-refractivity contribution in [3.8, 4) is 0 Å². The molecule has 1 aromatic carbocycles. The molecule has 0 fully saturated rings. The Balaban J connectivity index is 1.59. The van der Waals surface area contributed by atoms with Crippen LogP contribution in [-0.4, -0.2) is 47.4 Å². The van der Waals surface area contributed by atoms with Crippen LogP contribution in [-0.2, 0) is 5.75 Å². The zero-order valence-corrected chi connectivity index (χ0v) is 15.3. The quantitative estimate of drug-likeness (QED) is 0.663. The molecule has 0 bridgehead atoms. The zero-order valence-electron chi connectivity index (χ0n) is 14.5. The normalized spacial score (nSPS) is 11.0. The monoisotopic (exact) mass is 354 g/mol. The second kappa shape index (κ2) is 8.18. The van der Waals surface area contributed by atoms with Crippen molar-refractivity contribution < 1.29 is 4.79 Å². The van der Waals surface area contributed by atoms with Crippen molar-refractivity contribution >= 4 is 23.3 Å². The highest BCUT2D eigenvalue weighted by Crippen LogP contribution is 2.23. The molecule has 25 heavy (non-hydrogen) atoms. The molecule has 3 rings (SSSR count). The molecule has 1 amide bonds. The van der Waals surface area contributed by atoms with E-state index in [1.807, 2.05) is 67.2 Å². The first-order valence-electron chi connectivity index (χ1n) is 8.23. The van der Waals surface area contributed by atoms with E-state index in [0.29, 0.717) is 6.54 Å². The first-order chi connectivity index (χ1) is 12.2. The fraction of sp³-hybridized carbons (Fsp3) is 0.263. The average molecular weight is 354 g/mol. The number of fused-ring (bicyclic) bond motifs is 1. The first-order valence-corrected chi connectivity index (χ1v) is 9.21. The number of carbonyl (C=O) groups excluding carboxylic acids is 1. The van der Waals surface area contributed by atoms with Gasteiger partial charge < -0.3 is 14.6 Å². The molecule has 1 N–H and O–H groups in total. The number of carbonyl (C=O) groups is 1. The fourth-order valence-corrected chi connectivity index (χ4v) is 3.29. The van der Waals surface area contributed by atoms with Crippen molar-refractivity contribution in [2.45, 2.75) is 10.6 Å². The number of nitrogens with zero attached hydrogens (tertiary/aromatic N) is 3. The lowest BCUT2D eigenvalue weighted by molar-refractivity contribution is 0.0797. The summed E-state index contributed by atoms with van der Waals surface area (Å²) in [4.78, 5) is 19.8. The van der Waals surface area contributed by atoms with Crippen LogP contribution in [0.1, 0.15) is 16.1 Å². The lowest BCUT2D eigenvalue weighted by Crippen LogP contribution is -2.32. The summed E-state index contributed by atoms with van der Waals surface area (Å²) in [6.07, 6.45) is 4.05. The third-order valence-corrected chi connectivity index (χ3v) is 4.99. The molecule has 0 spiro atoms. The van der Waals surface area contributed by atoms with Crippen LogP contribution in [0.15, 0.2) is 59.8 Å². The number of hydrogen-bond donors (Lipinski definition) is 1. The minimum atomic E-state index is 0.0483. The summed E-state index contributed by atoms with van der Waals surface area (Å²) in [5.74, 6) is 0.851. The Hall–Kier alpha value is -2.31. The van der Waals surface area contributed by atoms with E-state index >= 15 is 0 Å². The van der Waals surface area contributed by atoms with Crippen molar-refractivity contribution in [1.29, 1.82) is 0 Å². The van der Waals surface area contributed by atoms with E-state index in [9.17, 15) is 4.79 Å². The lowest BCUT2D eigenvalue weighted by Gasteiger charge is -2.17. The Kier molecular flexibility index (Phi) is 5.73. The maximum Gasteiger partial charge on any atom is 0.253 e. The Labute approximate surface area is 152 Å². The number of amides is 1. The molecule has 0 aliphatic carbocycles. The van der Waals surface area contributed by atoms with Crippen molar-refractivity contribution in [1.82, 2.24) is 19.6 Å². The third-order valence-electron chi connectivity index (χ3n) is 3.95. The minimum absolute atomic E-state index is 0.0483. The van der Waals surface area contributed by atoms with Gasteiger partial charge in [0, 0.05) is 48.7 Å². The van der Waals surface area contributed by atoms with E-state index in [0.717, 1.165) is 34.1 Å². The molecule has 2 heterocycles. The van der Waals surface area contributed by atoms with Crippen LogP contribution in [0.4, 0.5) is 0 Å². The van der Waals surface area contributed by atoms with Gasteiger partial charge in [0.25, 0.3) is 5.91 Å². The smallest absolute Gasteiger partial charge is 0.253 e. The standard InChI is InChI=1S/C19H22N4OS/c1-20-10-12-22(2)19(24)15-6-8-17(9-7-15)25-14-16-13-23-11-4-3-5-18(23)21-16/h3-9,11,13,20H,10,12,14H2,1-2H3. The first kappa shape index (κ1) is 17.5. The summed E-state index contributed by atoms with van der Waals surface area (Å²) in [6, 6.07) is 13.8. The van der Waals surface area contributed by atoms with Crippen molar-refractivity contribution in [3.05, 3.63) is 66.1 Å². The van der Waals surface area contributed by atoms with Gasteiger partial charge in [0.15, 0.2) is 0 Å². The number of likely N-dealkylation sites (N-methyl/N-ethyl adjacent to an activating group) is 2. The largest absolute Gasteiger partial charge is 0.340 e. The minimum Gasteiger partial charge on any atom is -0.340 e. The number of aromatic nitrogens is 2. The molecule has 0 saturated carbocycles. The van der Waals surface area contributed by atoms with Crippen LogP contribution < -0.4 is 5.32 Å². The van der Waals surface area contributed by atoms with Gasteiger partial charge in [-0.2, -0.15) is 0 Å². The molecule has 0 radical (unpaired) electrons. The molecule has 0 aliphatic heterocycles. The van der Waals surface area contributed by atoms with E-state index in [1.165, 1.54) is 0 Å². The van der Waals surface area contributed by atoms with Gasteiger partial charge in [-0.05, 0) is 43.4 Å². The van der Waals surface area contributed by atoms with Crippen LogP contribution in [0.2, 0.25) is 0 Å². The predicted octanol–water partition coefficient (Wildman–Crippen LogP) is 2.92. The number of hydrogen-bond acceptors (Lipinski definition) is 4. The van der Waals surface area contributed by atoms with Gasteiger partial charge in [-0.1, -0.05) is 6.07 Å². The highest BCUT2D eigenvalue weighted by molar-refractivity contribution is 7.98. The number of rotatable bonds is 7. The van der Waals surface area contributed by atoms with Gasteiger partial charge in [-0.15, -0.1) is 11.8 Å². The van der Waals surface area contributed by atoms with Gasteiger partial charge in [0.05, 0.1) is 5.69 Å². The van der Waals surface area contributed by atoms with E-state index in [4.69, 9.17) is 0 Å². The van der Waals surface area contributed by atoms with Crippen molar-refractivity contribution in [3.63, 3.8) is 0 Å². The Bertz CT molecular complexity index is 811. The van der Waals surface area contributed by atoms with Crippen LogP contribution in [0.5, 0.6) is 0 Å². The number of benzene rings is 1. The van der Waals surface area contributed by atoms with Gasteiger partial charge in [0.2, 0.25) is 0 Å². The molecule has 6 heteroatoms. The Morgan fingerprint density at radius 1 is 1.24 bits per heavy atom. The summed E-state index contributed by atoms with van der Waals surface area (Å²) < 4.78 is 2.03. The molecule has 0 atom stereocenters. The Morgan fingerprint density at radius 3 is 2.76 bits per heavy atom. The van der Waals surface area contributed by atoms with Gasteiger partial charge in [-0.25, -0.2) is 4.98 Å². The zero-order chi connectivity index (χ0) is 17.6. The maximum absolute atomic E-state index is 12.3. The average Bonchev–Trinajstić information content (AvgIpc) is 3.07. The molecule has 0 saturated heterocycles. The third kappa shape index (κ3) is 4.41. The van der Waals surface area contributed by atoms with Gasteiger partial charge in [0.1, 0.15) is 5.65 Å². The molecule has 3 aromatic rings. The van der Waals surface area contributed by atoms with E-state index < -0.39 is 0 Å². The Morgan fingerprint density at radius 2 is 2.04 bits per heavy atom. The summed E-state index contributed by atoms with van der Waals surface area (Å²) in [7, 11) is 3.71. The van der Waals surface area contributed by atoms with E-state index in [-0.39, 0.29) is 5.91 Å². The molecule has 0 aliphatic rings. The SMILES string of the molecule is CNCCN(C)C(=O)c1ccc(SCc2cn3ccccc3n2)cc1.